The standard InChI is InChI=1S/C27H34ClN3O2/c1-6-7-22-19(4)14-24-25(32)31(23-15-20(28)11-10-18(23)3)27(5,16-30(22)24)26(33)29-21-12-8-17(2)9-13-21/h6-7,10-11,14-15,17,21H,8-9,12-13,16H2,1-5H3,(H,29,33)/b7-6-. The summed E-state index contributed by atoms with van der Waals surface area (Å²) in [5, 5.41) is 3.84. The van der Waals surface area contributed by atoms with E-state index in [0.717, 1.165) is 42.5 Å². The van der Waals surface area contributed by atoms with Crippen LogP contribution in [-0.4, -0.2) is 28.0 Å². The number of rotatable bonds is 4. The van der Waals surface area contributed by atoms with E-state index in [4.69, 9.17) is 11.6 Å². The molecule has 0 radical (unpaired) electrons. The van der Waals surface area contributed by atoms with Gasteiger partial charge < -0.3 is 9.88 Å². The number of nitrogens with one attached hydrogen (secondary N) is 1. The first-order chi connectivity index (χ1) is 15.7. The highest BCUT2D eigenvalue weighted by Crippen LogP contribution is 2.38. The number of fused-ring (bicyclic) bond motifs is 1. The Bertz CT molecular complexity index is 1110. The van der Waals surface area contributed by atoms with Crippen LogP contribution in [0.5, 0.6) is 0 Å². The van der Waals surface area contributed by atoms with Gasteiger partial charge in [0.25, 0.3) is 5.91 Å². The smallest absolute Gasteiger partial charge is 0.275 e. The minimum absolute atomic E-state index is 0.113. The predicted molar refractivity (Wildman–Crippen MR) is 135 cm³/mol. The number of aromatic nitrogens is 1. The molecule has 1 aromatic heterocycles. The van der Waals surface area contributed by atoms with E-state index in [0.29, 0.717) is 28.9 Å². The van der Waals surface area contributed by atoms with Crippen LogP contribution in [0.4, 0.5) is 5.69 Å². The highest BCUT2D eigenvalue weighted by molar-refractivity contribution is 6.31. The molecule has 2 aromatic rings. The zero-order valence-electron chi connectivity index (χ0n) is 20.2. The Morgan fingerprint density at radius 2 is 1.85 bits per heavy atom. The van der Waals surface area contributed by atoms with Crippen molar-refractivity contribution in [1.82, 2.24) is 9.88 Å². The third-order valence-electron chi connectivity index (χ3n) is 7.30. The average Bonchev–Trinajstić information content (AvgIpc) is 3.08. The largest absolute Gasteiger partial charge is 0.351 e. The van der Waals surface area contributed by atoms with Gasteiger partial charge in [-0.3, -0.25) is 14.5 Å². The van der Waals surface area contributed by atoms with E-state index in [1.807, 2.05) is 62.6 Å². The minimum atomic E-state index is -1.09. The Morgan fingerprint density at radius 3 is 2.52 bits per heavy atom. The predicted octanol–water partition coefficient (Wildman–Crippen LogP) is 5.91. The van der Waals surface area contributed by atoms with Crippen LogP contribution in [0.15, 0.2) is 30.3 Å². The van der Waals surface area contributed by atoms with Crippen LogP contribution in [0.2, 0.25) is 5.02 Å². The summed E-state index contributed by atoms with van der Waals surface area (Å²) in [6, 6.07) is 7.57. The van der Waals surface area contributed by atoms with Gasteiger partial charge in [-0.25, -0.2) is 0 Å². The van der Waals surface area contributed by atoms with Crippen molar-refractivity contribution in [3.05, 3.63) is 57.9 Å². The molecule has 6 heteroatoms. The molecule has 1 fully saturated rings. The summed E-state index contributed by atoms with van der Waals surface area (Å²) >= 11 is 6.34. The molecule has 1 aliphatic carbocycles. The van der Waals surface area contributed by atoms with Crippen molar-refractivity contribution in [3.63, 3.8) is 0 Å². The number of anilines is 1. The summed E-state index contributed by atoms with van der Waals surface area (Å²) in [6.45, 7) is 10.4. The number of hydrogen-bond donors (Lipinski definition) is 1. The van der Waals surface area contributed by atoms with Gasteiger partial charge in [0.1, 0.15) is 11.2 Å². The second kappa shape index (κ2) is 9.02. The summed E-state index contributed by atoms with van der Waals surface area (Å²) in [5.41, 5.74) is 3.07. The number of allylic oxidation sites excluding steroid dienone is 1. The fourth-order valence-corrected chi connectivity index (χ4v) is 5.43. The lowest BCUT2D eigenvalue weighted by Gasteiger charge is -2.45. The van der Waals surface area contributed by atoms with E-state index in [-0.39, 0.29) is 17.9 Å². The molecule has 2 aliphatic rings. The molecule has 1 atom stereocenters. The molecule has 1 aromatic carbocycles. The molecule has 1 N–H and O–H groups in total. The number of nitrogens with zero attached hydrogens (tertiary/aromatic N) is 2. The van der Waals surface area contributed by atoms with Gasteiger partial charge in [0.2, 0.25) is 5.91 Å². The first-order valence-corrected chi connectivity index (χ1v) is 12.3. The van der Waals surface area contributed by atoms with E-state index in [2.05, 4.69) is 12.2 Å². The summed E-state index contributed by atoms with van der Waals surface area (Å²) < 4.78 is 2.00. The normalized spacial score (nSPS) is 25.4. The average molecular weight is 468 g/mol. The molecule has 1 saturated carbocycles. The molecule has 2 amide bonds. The van der Waals surface area contributed by atoms with Crippen LogP contribution in [-0.2, 0) is 11.3 Å². The molecule has 176 valence electrons. The summed E-state index contributed by atoms with van der Waals surface area (Å²) in [5.74, 6) is 0.406. The Morgan fingerprint density at radius 1 is 1.15 bits per heavy atom. The van der Waals surface area contributed by atoms with E-state index < -0.39 is 5.54 Å². The maximum Gasteiger partial charge on any atom is 0.275 e. The Balaban J connectivity index is 1.81. The molecule has 0 bridgehead atoms. The van der Waals surface area contributed by atoms with Gasteiger partial charge in [0.15, 0.2) is 0 Å². The Kier molecular flexibility index (Phi) is 6.45. The van der Waals surface area contributed by atoms with Gasteiger partial charge in [0.05, 0.1) is 6.54 Å². The van der Waals surface area contributed by atoms with Crippen LogP contribution < -0.4 is 10.2 Å². The van der Waals surface area contributed by atoms with Crippen molar-refractivity contribution in [2.75, 3.05) is 4.90 Å². The fourth-order valence-electron chi connectivity index (χ4n) is 5.26. The summed E-state index contributed by atoms with van der Waals surface area (Å²) in [7, 11) is 0. The fraction of sp³-hybridized carbons (Fsp3) is 0.481. The molecule has 5 nitrogen and oxygen atoms in total. The highest BCUT2D eigenvalue weighted by Gasteiger charge is 2.49. The van der Waals surface area contributed by atoms with Gasteiger partial charge in [-0.2, -0.15) is 0 Å². The van der Waals surface area contributed by atoms with Gasteiger partial charge in [-0.15, -0.1) is 0 Å². The first kappa shape index (κ1) is 23.6. The number of halogens is 1. The first-order valence-electron chi connectivity index (χ1n) is 11.9. The van der Waals surface area contributed by atoms with Crippen molar-refractivity contribution in [1.29, 1.82) is 0 Å². The van der Waals surface area contributed by atoms with E-state index in [9.17, 15) is 9.59 Å². The van der Waals surface area contributed by atoms with Crippen LogP contribution in [0.25, 0.3) is 6.08 Å². The molecule has 4 rings (SSSR count). The molecular weight excluding hydrogens is 434 g/mol. The molecule has 0 spiro atoms. The number of amides is 2. The minimum Gasteiger partial charge on any atom is -0.351 e. The van der Waals surface area contributed by atoms with Crippen LogP contribution in [0, 0.1) is 19.8 Å². The quantitative estimate of drug-likeness (QED) is 0.608. The van der Waals surface area contributed by atoms with Gasteiger partial charge in [0, 0.05) is 22.4 Å². The lowest BCUT2D eigenvalue weighted by molar-refractivity contribution is -0.127. The van der Waals surface area contributed by atoms with Gasteiger partial charge >= 0.3 is 0 Å². The molecule has 2 heterocycles. The zero-order chi connectivity index (χ0) is 23.9. The molecule has 33 heavy (non-hydrogen) atoms. The SMILES string of the molecule is C/C=C\c1c(C)cc2n1CC(C)(C(=O)NC1CCC(C)CC1)N(c1cc(Cl)ccc1C)C2=O. The maximum atomic E-state index is 14.0. The van der Waals surface area contributed by atoms with Crippen molar-refractivity contribution in [2.24, 2.45) is 5.92 Å². The second-order valence-electron chi connectivity index (χ2n) is 9.96. The van der Waals surface area contributed by atoms with Crippen molar-refractivity contribution in [3.8, 4) is 0 Å². The number of benzene rings is 1. The van der Waals surface area contributed by atoms with Gasteiger partial charge in [-0.1, -0.05) is 30.7 Å². The Labute approximate surface area is 201 Å². The van der Waals surface area contributed by atoms with E-state index in [1.54, 1.807) is 11.0 Å². The molecule has 1 aliphatic heterocycles. The molecular formula is C27H34ClN3O2. The Hall–Kier alpha value is -2.53. The van der Waals surface area contributed by atoms with E-state index in [1.165, 1.54) is 0 Å². The van der Waals surface area contributed by atoms with Crippen molar-refractivity contribution in [2.45, 2.75) is 78.4 Å². The van der Waals surface area contributed by atoms with Crippen LogP contribution >= 0.6 is 11.6 Å². The maximum absolute atomic E-state index is 14.0. The van der Waals surface area contributed by atoms with Gasteiger partial charge in [-0.05, 0) is 94.7 Å². The third kappa shape index (κ3) is 4.23. The zero-order valence-corrected chi connectivity index (χ0v) is 21.0. The van der Waals surface area contributed by atoms with Crippen LogP contribution in [0.1, 0.15) is 73.8 Å². The number of carbonyl (C=O) groups is 2. The monoisotopic (exact) mass is 467 g/mol. The highest BCUT2D eigenvalue weighted by atomic mass is 35.5. The van der Waals surface area contributed by atoms with Crippen molar-refractivity contribution >= 4 is 35.2 Å². The summed E-state index contributed by atoms with van der Waals surface area (Å²) in [6.07, 6.45) is 8.16. The lowest BCUT2D eigenvalue weighted by atomic mass is 9.86. The topological polar surface area (TPSA) is 54.3 Å². The number of hydrogen-bond acceptors (Lipinski definition) is 2. The number of aryl methyl sites for hydroxylation is 2. The molecule has 1 unspecified atom stereocenters. The number of carbonyl (C=O) groups excluding carboxylic acids is 2. The molecule has 0 saturated heterocycles. The van der Waals surface area contributed by atoms with E-state index >= 15 is 0 Å². The second-order valence-corrected chi connectivity index (χ2v) is 10.4. The van der Waals surface area contributed by atoms with Crippen molar-refractivity contribution < 1.29 is 9.59 Å². The summed E-state index contributed by atoms with van der Waals surface area (Å²) in [4.78, 5) is 29.5. The van der Waals surface area contributed by atoms with Crippen LogP contribution in [0.3, 0.4) is 0 Å². The lowest BCUT2D eigenvalue weighted by Crippen LogP contribution is -2.65. The third-order valence-corrected chi connectivity index (χ3v) is 7.53.